The molecule has 8 nitrogen and oxygen atoms in total. The van der Waals surface area contributed by atoms with E-state index in [0.29, 0.717) is 49.1 Å². The molecule has 3 aromatic carbocycles. The molecular weight excluding hydrogens is 504 g/mol. The van der Waals surface area contributed by atoms with E-state index in [9.17, 15) is 9.59 Å². The molecule has 3 amide bonds. The monoisotopic (exact) mass is 538 g/mol. The van der Waals surface area contributed by atoms with E-state index >= 15 is 0 Å². The van der Waals surface area contributed by atoms with Gasteiger partial charge < -0.3 is 25.0 Å². The van der Waals surface area contributed by atoms with Gasteiger partial charge >= 0.3 is 6.03 Å². The number of hydrogen-bond acceptors (Lipinski definition) is 5. The maximum atomic E-state index is 13.1. The lowest BCUT2D eigenvalue weighted by Gasteiger charge is -2.26. The van der Waals surface area contributed by atoms with Gasteiger partial charge in [-0.3, -0.25) is 9.78 Å². The molecule has 2 heterocycles. The number of carbonyl (C=O) groups is 2. The minimum atomic E-state index is -0.366. The van der Waals surface area contributed by atoms with E-state index in [4.69, 9.17) is 9.47 Å². The Morgan fingerprint density at radius 2 is 1.62 bits per heavy atom. The molecule has 0 unspecified atom stereocenters. The zero-order valence-electron chi connectivity index (χ0n) is 23.3. The summed E-state index contributed by atoms with van der Waals surface area (Å²) in [6.45, 7) is 8.61. The van der Waals surface area contributed by atoms with Crippen molar-refractivity contribution in [2.75, 3.05) is 44.0 Å². The lowest BCUT2D eigenvalue weighted by molar-refractivity contribution is 0.0299. The average Bonchev–Trinajstić information content (AvgIpc) is 2.97. The number of benzene rings is 3. The van der Waals surface area contributed by atoms with Crippen molar-refractivity contribution >= 4 is 34.1 Å². The SMILES string of the molecule is COc1ccc(C(C)(C)C)cc1NC(=O)Nc1ccc(-c2ccc(C(=O)N3CCOCC3)nc2)c2ccccc12. The first-order chi connectivity index (χ1) is 19.2. The molecule has 1 saturated heterocycles. The summed E-state index contributed by atoms with van der Waals surface area (Å²) in [5.41, 5.74) is 4.55. The van der Waals surface area contributed by atoms with Gasteiger partial charge in [-0.1, -0.05) is 63.2 Å². The van der Waals surface area contributed by atoms with Gasteiger partial charge in [-0.25, -0.2) is 4.79 Å². The van der Waals surface area contributed by atoms with Gasteiger partial charge in [0, 0.05) is 30.2 Å². The summed E-state index contributed by atoms with van der Waals surface area (Å²) in [5.74, 6) is 0.501. The molecule has 40 heavy (non-hydrogen) atoms. The standard InChI is InChI=1S/C32H34N4O4/c1-32(2,3)22-10-14-29(39-4)28(19-22)35-31(38)34-26-13-11-23(24-7-5-6-8-25(24)26)21-9-12-27(33-20-21)30(37)36-15-17-40-18-16-36/h5-14,19-20H,15-18H2,1-4H3,(H2,34,35,38). The highest BCUT2D eigenvalue weighted by atomic mass is 16.5. The van der Waals surface area contributed by atoms with E-state index in [1.54, 1.807) is 24.3 Å². The number of ether oxygens (including phenoxy) is 2. The highest BCUT2D eigenvalue weighted by molar-refractivity contribution is 6.10. The summed E-state index contributed by atoms with van der Waals surface area (Å²) in [5, 5.41) is 7.80. The van der Waals surface area contributed by atoms with Crippen molar-refractivity contribution in [3.8, 4) is 16.9 Å². The second-order valence-corrected chi connectivity index (χ2v) is 10.8. The number of methoxy groups -OCH3 is 1. The van der Waals surface area contributed by atoms with Crippen molar-refractivity contribution < 1.29 is 19.1 Å². The molecular formula is C32H34N4O4. The molecule has 0 aliphatic carbocycles. The Bertz CT molecular complexity index is 1540. The van der Waals surface area contributed by atoms with Crippen molar-refractivity contribution in [2.24, 2.45) is 0 Å². The minimum Gasteiger partial charge on any atom is -0.495 e. The van der Waals surface area contributed by atoms with Crippen molar-refractivity contribution in [3.05, 3.63) is 84.2 Å². The van der Waals surface area contributed by atoms with Gasteiger partial charge in [0.1, 0.15) is 11.4 Å². The third-order valence-electron chi connectivity index (χ3n) is 7.08. The zero-order chi connectivity index (χ0) is 28.3. The molecule has 1 aliphatic rings. The number of aromatic nitrogens is 1. The Balaban J connectivity index is 1.38. The fraction of sp³-hybridized carbons (Fsp3) is 0.281. The van der Waals surface area contributed by atoms with Gasteiger partial charge in [0.15, 0.2) is 0 Å². The largest absolute Gasteiger partial charge is 0.495 e. The van der Waals surface area contributed by atoms with Crippen molar-refractivity contribution in [1.29, 1.82) is 0 Å². The number of pyridine rings is 1. The van der Waals surface area contributed by atoms with E-state index < -0.39 is 0 Å². The fourth-order valence-electron chi connectivity index (χ4n) is 4.82. The van der Waals surface area contributed by atoms with Crippen LogP contribution in [0.5, 0.6) is 5.75 Å². The molecule has 0 saturated carbocycles. The van der Waals surface area contributed by atoms with Gasteiger partial charge in [0.25, 0.3) is 5.91 Å². The molecule has 206 valence electrons. The Morgan fingerprint density at radius 1 is 0.900 bits per heavy atom. The molecule has 5 rings (SSSR count). The smallest absolute Gasteiger partial charge is 0.323 e. The first-order valence-corrected chi connectivity index (χ1v) is 13.4. The predicted molar refractivity (Wildman–Crippen MR) is 158 cm³/mol. The van der Waals surface area contributed by atoms with Crippen molar-refractivity contribution in [3.63, 3.8) is 0 Å². The number of rotatable bonds is 5. The number of nitrogens with one attached hydrogen (secondary N) is 2. The number of fused-ring (bicyclic) bond motifs is 1. The van der Waals surface area contributed by atoms with Crippen LogP contribution in [0.25, 0.3) is 21.9 Å². The maximum absolute atomic E-state index is 13.1. The quantitative estimate of drug-likeness (QED) is 0.310. The summed E-state index contributed by atoms with van der Waals surface area (Å²) in [7, 11) is 1.58. The van der Waals surface area contributed by atoms with Crippen LogP contribution in [0.2, 0.25) is 0 Å². The van der Waals surface area contributed by atoms with Crippen molar-refractivity contribution in [1.82, 2.24) is 9.88 Å². The fourth-order valence-corrected chi connectivity index (χ4v) is 4.82. The van der Waals surface area contributed by atoms with Gasteiger partial charge in [0.2, 0.25) is 0 Å². The van der Waals surface area contributed by atoms with Crippen LogP contribution in [0.1, 0.15) is 36.8 Å². The van der Waals surface area contributed by atoms with Crippen LogP contribution in [-0.2, 0) is 10.2 Å². The molecule has 0 radical (unpaired) electrons. The Morgan fingerprint density at radius 3 is 2.30 bits per heavy atom. The second kappa shape index (κ2) is 11.4. The molecule has 0 bridgehead atoms. The second-order valence-electron chi connectivity index (χ2n) is 10.8. The Hall–Kier alpha value is -4.43. The summed E-state index contributed by atoms with van der Waals surface area (Å²) in [6.07, 6.45) is 1.73. The Kier molecular flexibility index (Phi) is 7.71. The lowest BCUT2D eigenvalue weighted by Crippen LogP contribution is -2.41. The van der Waals surface area contributed by atoms with Crippen LogP contribution in [-0.4, -0.2) is 55.2 Å². The highest BCUT2D eigenvalue weighted by Crippen LogP contribution is 2.34. The van der Waals surface area contributed by atoms with Crippen LogP contribution in [0.15, 0.2) is 72.9 Å². The van der Waals surface area contributed by atoms with E-state index in [1.165, 1.54) is 0 Å². The first kappa shape index (κ1) is 27.1. The summed E-state index contributed by atoms with van der Waals surface area (Å²) in [6, 6.07) is 20.9. The molecule has 2 N–H and O–H groups in total. The lowest BCUT2D eigenvalue weighted by atomic mass is 9.87. The van der Waals surface area contributed by atoms with Gasteiger partial charge in [-0.15, -0.1) is 0 Å². The van der Waals surface area contributed by atoms with Gasteiger partial charge in [-0.05, 0) is 46.2 Å². The summed E-state index contributed by atoms with van der Waals surface area (Å²) < 4.78 is 10.8. The topological polar surface area (TPSA) is 92.8 Å². The number of urea groups is 1. The molecule has 8 heteroatoms. The number of nitrogens with zero attached hydrogens (tertiary/aromatic N) is 2. The first-order valence-electron chi connectivity index (χ1n) is 13.4. The Labute approximate surface area is 234 Å². The molecule has 0 spiro atoms. The molecule has 1 aliphatic heterocycles. The van der Waals surface area contributed by atoms with Crippen LogP contribution >= 0.6 is 0 Å². The number of anilines is 2. The van der Waals surface area contributed by atoms with Crippen LogP contribution in [0, 0.1) is 0 Å². The average molecular weight is 539 g/mol. The number of carbonyl (C=O) groups excluding carboxylic acids is 2. The van der Waals surface area contributed by atoms with E-state index in [-0.39, 0.29) is 17.4 Å². The molecule has 1 aromatic heterocycles. The van der Waals surface area contributed by atoms with Crippen molar-refractivity contribution in [2.45, 2.75) is 26.2 Å². The number of amides is 3. The summed E-state index contributed by atoms with van der Waals surface area (Å²) in [4.78, 5) is 32.1. The normalized spacial score (nSPS) is 13.7. The van der Waals surface area contributed by atoms with Crippen LogP contribution in [0.3, 0.4) is 0 Å². The molecule has 1 fully saturated rings. The number of hydrogen-bond donors (Lipinski definition) is 2. The third kappa shape index (κ3) is 5.77. The predicted octanol–water partition coefficient (Wildman–Crippen LogP) is 6.32. The van der Waals surface area contributed by atoms with Crippen LogP contribution < -0.4 is 15.4 Å². The molecule has 4 aromatic rings. The van der Waals surface area contributed by atoms with E-state index in [2.05, 4.69) is 36.4 Å². The van der Waals surface area contributed by atoms with E-state index in [0.717, 1.165) is 27.5 Å². The minimum absolute atomic E-state index is 0.0753. The summed E-state index contributed by atoms with van der Waals surface area (Å²) >= 11 is 0. The van der Waals surface area contributed by atoms with E-state index in [1.807, 2.05) is 60.7 Å². The maximum Gasteiger partial charge on any atom is 0.323 e. The number of morpholine rings is 1. The molecule has 0 atom stereocenters. The highest BCUT2D eigenvalue weighted by Gasteiger charge is 2.20. The third-order valence-corrected chi connectivity index (χ3v) is 7.08. The van der Waals surface area contributed by atoms with Gasteiger partial charge in [-0.2, -0.15) is 0 Å². The van der Waals surface area contributed by atoms with Gasteiger partial charge in [0.05, 0.1) is 31.7 Å². The van der Waals surface area contributed by atoms with Crippen LogP contribution in [0.4, 0.5) is 16.2 Å². The zero-order valence-corrected chi connectivity index (χ0v) is 23.3.